The molecule has 3 rings (SSSR count). The van der Waals surface area contributed by atoms with Crippen LogP contribution in [-0.4, -0.2) is 25.0 Å². The van der Waals surface area contributed by atoms with Crippen LogP contribution in [0.4, 0.5) is 0 Å². The Morgan fingerprint density at radius 1 is 0.955 bits per heavy atom. The van der Waals surface area contributed by atoms with E-state index in [1.165, 1.54) is 0 Å². The predicted octanol–water partition coefficient (Wildman–Crippen LogP) is 3.72. The average molecular weight is 295 g/mol. The Bertz CT molecular complexity index is 834. The maximum Gasteiger partial charge on any atom is 0.209 e. The number of ketones is 1. The van der Waals surface area contributed by atoms with Gasteiger partial charge in [0.25, 0.3) is 0 Å². The molecule has 0 aliphatic heterocycles. The highest BCUT2D eigenvalue weighted by Crippen LogP contribution is 2.37. The van der Waals surface area contributed by atoms with E-state index in [1.54, 1.807) is 14.2 Å². The summed E-state index contributed by atoms with van der Waals surface area (Å²) in [6.45, 7) is 1.91. The number of aryl methyl sites for hydroxylation is 1. The number of nitrogens with one attached hydrogen (secondary N) is 1. The van der Waals surface area contributed by atoms with Crippen LogP contribution < -0.4 is 9.47 Å². The second kappa shape index (κ2) is 5.56. The maximum absolute atomic E-state index is 12.7. The Hall–Kier alpha value is -2.75. The molecule has 1 aromatic heterocycles. The summed E-state index contributed by atoms with van der Waals surface area (Å²) >= 11 is 0. The van der Waals surface area contributed by atoms with E-state index in [9.17, 15) is 4.79 Å². The number of fused-ring (bicyclic) bond motifs is 1. The van der Waals surface area contributed by atoms with Crippen LogP contribution in [0.2, 0.25) is 0 Å². The predicted molar refractivity (Wildman–Crippen MR) is 86.0 cm³/mol. The minimum atomic E-state index is -0.0431. The Balaban J connectivity index is 2.24. The zero-order valence-electron chi connectivity index (χ0n) is 12.8. The fraction of sp³-hybridized carbons (Fsp3) is 0.167. The first-order valence-corrected chi connectivity index (χ1v) is 7.00. The van der Waals surface area contributed by atoms with Crippen molar-refractivity contribution in [1.82, 2.24) is 4.98 Å². The van der Waals surface area contributed by atoms with Crippen LogP contribution in [0.3, 0.4) is 0 Å². The van der Waals surface area contributed by atoms with E-state index >= 15 is 0 Å². The van der Waals surface area contributed by atoms with Gasteiger partial charge in [0.2, 0.25) is 5.78 Å². The maximum atomic E-state index is 12.7. The van der Waals surface area contributed by atoms with Crippen LogP contribution in [-0.2, 0) is 0 Å². The Morgan fingerprint density at radius 2 is 1.59 bits per heavy atom. The Kier molecular flexibility index (Phi) is 3.59. The van der Waals surface area contributed by atoms with Crippen LogP contribution in [0.15, 0.2) is 42.5 Å². The molecular weight excluding hydrogens is 278 g/mol. The highest BCUT2D eigenvalue weighted by atomic mass is 16.5. The van der Waals surface area contributed by atoms with Gasteiger partial charge in [-0.1, -0.05) is 30.3 Å². The standard InChI is InChI=1S/C18H17NO3/c1-11-15-13(21-2)9-10-14(22-3)17(15)19-16(11)18(20)12-7-5-4-6-8-12/h4-10,19H,1-3H3. The lowest BCUT2D eigenvalue weighted by Crippen LogP contribution is -2.03. The van der Waals surface area contributed by atoms with E-state index in [0.717, 1.165) is 22.2 Å². The fourth-order valence-corrected chi connectivity index (χ4v) is 2.71. The van der Waals surface area contributed by atoms with Gasteiger partial charge < -0.3 is 14.5 Å². The molecule has 22 heavy (non-hydrogen) atoms. The third-order valence-corrected chi connectivity index (χ3v) is 3.83. The fourth-order valence-electron chi connectivity index (χ4n) is 2.71. The summed E-state index contributed by atoms with van der Waals surface area (Å²) in [5, 5.41) is 0.876. The Labute approximate surface area is 128 Å². The number of hydrogen-bond acceptors (Lipinski definition) is 3. The number of H-pyrrole nitrogens is 1. The van der Waals surface area contributed by atoms with Crippen molar-refractivity contribution in [1.29, 1.82) is 0 Å². The minimum Gasteiger partial charge on any atom is -0.496 e. The highest BCUT2D eigenvalue weighted by molar-refractivity contribution is 6.13. The van der Waals surface area contributed by atoms with Gasteiger partial charge in [0.05, 0.1) is 25.4 Å². The third-order valence-electron chi connectivity index (χ3n) is 3.83. The molecule has 1 heterocycles. The van der Waals surface area contributed by atoms with Crippen LogP contribution >= 0.6 is 0 Å². The van der Waals surface area contributed by atoms with Gasteiger partial charge in [-0.15, -0.1) is 0 Å². The van der Waals surface area contributed by atoms with Crippen molar-refractivity contribution in [2.75, 3.05) is 14.2 Å². The molecule has 0 aliphatic rings. The topological polar surface area (TPSA) is 51.3 Å². The summed E-state index contributed by atoms with van der Waals surface area (Å²) in [4.78, 5) is 15.9. The average Bonchev–Trinajstić information content (AvgIpc) is 2.92. The largest absolute Gasteiger partial charge is 0.496 e. The van der Waals surface area contributed by atoms with E-state index in [0.29, 0.717) is 17.0 Å². The summed E-state index contributed by atoms with van der Waals surface area (Å²) in [7, 11) is 3.22. The lowest BCUT2D eigenvalue weighted by molar-refractivity contribution is 0.103. The molecule has 0 saturated carbocycles. The quantitative estimate of drug-likeness (QED) is 0.746. The number of rotatable bonds is 4. The number of carbonyl (C=O) groups is 1. The lowest BCUT2D eigenvalue weighted by Gasteiger charge is -2.06. The number of aromatic nitrogens is 1. The summed E-state index contributed by atoms with van der Waals surface area (Å²) in [6.07, 6.45) is 0. The van der Waals surface area contributed by atoms with E-state index in [4.69, 9.17) is 9.47 Å². The molecule has 2 aromatic carbocycles. The molecule has 0 aliphatic carbocycles. The van der Waals surface area contributed by atoms with Crippen molar-refractivity contribution in [2.24, 2.45) is 0 Å². The second-order valence-corrected chi connectivity index (χ2v) is 5.04. The van der Waals surface area contributed by atoms with Gasteiger partial charge in [0.1, 0.15) is 11.5 Å². The molecule has 0 bridgehead atoms. The van der Waals surface area contributed by atoms with E-state index in [1.807, 2.05) is 49.4 Å². The zero-order chi connectivity index (χ0) is 15.7. The third kappa shape index (κ3) is 2.13. The molecule has 4 heteroatoms. The number of methoxy groups -OCH3 is 2. The normalized spacial score (nSPS) is 10.7. The highest BCUT2D eigenvalue weighted by Gasteiger charge is 2.20. The molecule has 0 saturated heterocycles. The molecular formula is C18H17NO3. The summed E-state index contributed by atoms with van der Waals surface area (Å²) in [5.74, 6) is 1.36. The molecule has 0 atom stereocenters. The van der Waals surface area contributed by atoms with Gasteiger partial charge in [0.15, 0.2) is 0 Å². The molecule has 0 amide bonds. The molecule has 0 radical (unpaired) electrons. The van der Waals surface area contributed by atoms with Crippen LogP contribution in [0.1, 0.15) is 21.6 Å². The van der Waals surface area contributed by atoms with Crippen LogP contribution in [0.25, 0.3) is 10.9 Å². The number of hydrogen-bond donors (Lipinski definition) is 1. The van der Waals surface area contributed by atoms with E-state index < -0.39 is 0 Å². The van der Waals surface area contributed by atoms with Crippen molar-refractivity contribution in [3.8, 4) is 11.5 Å². The molecule has 0 unspecified atom stereocenters. The van der Waals surface area contributed by atoms with Gasteiger partial charge in [-0.05, 0) is 24.6 Å². The first-order chi connectivity index (χ1) is 10.7. The molecule has 112 valence electrons. The van der Waals surface area contributed by atoms with Crippen LogP contribution in [0.5, 0.6) is 11.5 Å². The molecule has 1 N–H and O–H groups in total. The number of aromatic amines is 1. The monoisotopic (exact) mass is 295 g/mol. The van der Waals surface area contributed by atoms with E-state index in [2.05, 4.69) is 4.98 Å². The lowest BCUT2D eigenvalue weighted by atomic mass is 10.0. The molecule has 0 fully saturated rings. The summed E-state index contributed by atoms with van der Waals surface area (Å²) < 4.78 is 10.8. The molecule has 0 spiro atoms. The van der Waals surface area contributed by atoms with Crippen LogP contribution in [0, 0.1) is 6.92 Å². The van der Waals surface area contributed by atoms with Gasteiger partial charge in [-0.2, -0.15) is 0 Å². The first kappa shape index (κ1) is 14.2. The van der Waals surface area contributed by atoms with Gasteiger partial charge >= 0.3 is 0 Å². The van der Waals surface area contributed by atoms with Gasteiger partial charge in [-0.3, -0.25) is 4.79 Å². The second-order valence-electron chi connectivity index (χ2n) is 5.04. The Morgan fingerprint density at radius 3 is 2.23 bits per heavy atom. The zero-order valence-corrected chi connectivity index (χ0v) is 12.8. The van der Waals surface area contributed by atoms with Gasteiger partial charge in [0, 0.05) is 10.9 Å². The van der Waals surface area contributed by atoms with Gasteiger partial charge in [-0.25, -0.2) is 0 Å². The SMILES string of the molecule is COc1ccc(OC)c2c(C)c(C(=O)c3ccccc3)[nH]c12. The van der Waals surface area contributed by atoms with E-state index in [-0.39, 0.29) is 5.78 Å². The van der Waals surface area contributed by atoms with Crippen molar-refractivity contribution in [3.05, 3.63) is 59.3 Å². The van der Waals surface area contributed by atoms with Crippen molar-refractivity contribution < 1.29 is 14.3 Å². The number of carbonyl (C=O) groups excluding carboxylic acids is 1. The van der Waals surface area contributed by atoms with Crippen molar-refractivity contribution in [2.45, 2.75) is 6.92 Å². The van der Waals surface area contributed by atoms with Crippen molar-refractivity contribution in [3.63, 3.8) is 0 Å². The molecule has 4 nitrogen and oxygen atoms in total. The summed E-state index contributed by atoms with van der Waals surface area (Å²) in [6, 6.07) is 12.9. The number of benzene rings is 2. The molecule has 3 aromatic rings. The first-order valence-electron chi connectivity index (χ1n) is 7.00. The smallest absolute Gasteiger partial charge is 0.209 e. The number of ether oxygens (including phenoxy) is 2. The minimum absolute atomic E-state index is 0.0431. The summed E-state index contributed by atoms with van der Waals surface area (Å²) in [5.41, 5.74) is 2.84. The van der Waals surface area contributed by atoms with Crippen molar-refractivity contribution >= 4 is 16.7 Å².